The van der Waals surface area contributed by atoms with E-state index in [1.165, 1.54) is 17.3 Å². The molecule has 2 heterocycles. The highest BCUT2D eigenvalue weighted by molar-refractivity contribution is 8.00. The summed E-state index contributed by atoms with van der Waals surface area (Å²) >= 11 is 1.42. The van der Waals surface area contributed by atoms with Gasteiger partial charge in [0.25, 0.3) is 0 Å². The average molecular weight is 442 g/mol. The molecule has 6 nitrogen and oxygen atoms in total. The summed E-state index contributed by atoms with van der Waals surface area (Å²) in [6.45, 7) is 4.08. The van der Waals surface area contributed by atoms with E-state index in [9.17, 15) is 4.79 Å². The Kier molecular flexibility index (Phi) is 5.41. The number of benzene rings is 3. The Hall–Kier alpha value is -3.58. The SMILES string of the molecule is Cc1ccc(NC(=O)[C@H]2Sc3nnc(-c4ccccc4)n3N[C@H]2c2ccc(C)cc2)cc1. The van der Waals surface area contributed by atoms with Crippen molar-refractivity contribution in [3.8, 4) is 11.4 Å². The number of aryl methyl sites for hydroxylation is 2. The van der Waals surface area contributed by atoms with E-state index < -0.39 is 5.25 Å². The first-order valence-electron chi connectivity index (χ1n) is 10.5. The Balaban J connectivity index is 1.50. The number of fused-ring (bicyclic) bond motifs is 1. The summed E-state index contributed by atoms with van der Waals surface area (Å²) < 4.78 is 1.89. The van der Waals surface area contributed by atoms with Crippen molar-refractivity contribution in [1.29, 1.82) is 0 Å². The van der Waals surface area contributed by atoms with E-state index in [2.05, 4.69) is 52.1 Å². The van der Waals surface area contributed by atoms with E-state index in [-0.39, 0.29) is 11.9 Å². The van der Waals surface area contributed by atoms with Crippen molar-refractivity contribution in [1.82, 2.24) is 14.9 Å². The smallest absolute Gasteiger partial charge is 0.240 e. The molecule has 0 saturated carbocycles. The van der Waals surface area contributed by atoms with E-state index in [0.29, 0.717) is 5.16 Å². The first kappa shape index (κ1) is 20.3. The topological polar surface area (TPSA) is 71.8 Å². The minimum atomic E-state index is -0.417. The standard InChI is InChI=1S/C25H23N5OS/c1-16-8-12-18(13-9-16)21-22(24(31)26-20-14-10-17(2)11-15-20)32-25-28-27-23(30(25)29-21)19-6-4-3-5-7-19/h3-15,21-22,29H,1-2H3,(H,26,31)/t21-,22-/m0/s1. The van der Waals surface area contributed by atoms with E-state index in [4.69, 9.17) is 0 Å². The molecule has 0 aliphatic carbocycles. The van der Waals surface area contributed by atoms with Crippen LogP contribution in [-0.4, -0.2) is 26.0 Å². The highest BCUT2D eigenvalue weighted by Crippen LogP contribution is 2.39. The van der Waals surface area contributed by atoms with E-state index in [1.807, 2.05) is 66.2 Å². The van der Waals surface area contributed by atoms with Crippen molar-refractivity contribution in [3.63, 3.8) is 0 Å². The van der Waals surface area contributed by atoms with Crippen LogP contribution < -0.4 is 10.7 Å². The Morgan fingerprint density at radius 1 is 0.906 bits per heavy atom. The molecular formula is C25H23N5OS. The molecule has 160 valence electrons. The van der Waals surface area contributed by atoms with E-state index in [1.54, 1.807) is 0 Å². The second-order valence-electron chi connectivity index (χ2n) is 7.92. The van der Waals surface area contributed by atoms with Gasteiger partial charge in [-0.3, -0.25) is 4.79 Å². The highest BCUT2D eigenvalue weighted by Gasteiger charge is 2.38. The van der Waals surface area contributed by atoms with Crippen LogP contribution in [0.4, 0.5) is 5.69 Å². The van der Waals surface area contributed by atoms with Gasteiger partial charge in [0.2, 0.25) is 11.1 Å². The average Bonchev–Trinajstić information content (AvgIpc) is 3.24. The molecule has 32 heavy (non-hydrogen) atoms. The maximum Gasteiger partial charge on any atom is 0.240 e. The van der Waals surface area contributed by atoms with Gasteiger partial charge in [0.1, 0.15) is 5.25 Å². The molecule has 7 heteroatoms. The van der Waals surface area contributed by atoms with Crippen LogP contribution in [0.25, 0.3) is 11.4 Å². The molecule has 4 aromatic rings. The maximum atomic E-state index is 13.4. The van der Waals surface area contributed by atoms with Crippen molar-refractivity contribution in [2.24, 2.45) is 0 Å². The van der Waals surface area contributed by atoms with Gasteiger partial charge in [0.15, 0.2) is 5.82 Å². The van der Waals surface area contributed by atoms with Crippen LogP contribution in [0.2, 0.25) is 0 Å². The molecule has 0 saturated heterocycles. The minimum Gasteiger partial charge on any atom is -0.325 e. The summed E-state index contributed by atoms with van der Waals surface area (Å²) in [6, 6.07) is 25.8. The zero-order valence-corrected chi connectivity index (χ0v) is 18.6. The van der Waals surface area contributed by atoms with Crippen LogP contribution in [0.3, 0.4) is 0 Å². The van der Waals surface area contributed by atoms with Crippen molar-refractivity contribution < 1.29 is 4.79 Å². The molecule has 0 bridgehead atoms. The van der Waals surface area contributed by atoms with Gasteiger partial charge in [-0.25, -0.2) is 4.68 Å². The molecule has 5 rings (SSSR count). The Bertz CT molecular complexity index is 1240. The number of nitrogens with zero attached hydrogens (tertiary/aromatic N) is 3. The number of thioether (sulfide) groups is 1. The summed E-state index contributed by atoms with van der Waals surface area (Å²) in [7, 11) is 0. The maximum absolute atomic E-state index is 13.4. The lowest BCUT2D eigenvalue weighted by Gasteiger charge is -2.33. The first-order valence-corrected chi connectivity index (χ1v) is 11.3. The van der Waals surface area contributed by atoms with E-state index in [0.717, 1.165) is 28.2 Å². The summed E-state index contributed by atoms with van der Waals surface area (Å²) in [5.74, 6) is 0.648. The number of anilines is 1. The van der Waals surface area contributed by atoms with Crippen LogP contribution >= 0.6 is 11.8 Å². The zero-order valence-electron chi connectivity index (χ0n) is 17.8. The lowest BCUT2D eigenvalue weighted by Crippen LogP contribution is -2.41. The zero-order chi connectivity index (χ0) is 22.1. The molecule has 1 amide bonds. The highest BCUT2D eigenvalue weighted by atomic mass is 32.2. The summed E-state index contributed by atoms with van der Waals surface area (Å²) in [4.78, 5) is 13.4. The summed E-state index contributed by atoms with van der Waals surface area (Å²) in [5, 5.41) is 12.1. The number of aromatic nitrogens is 3. The molecule has 1 aliphatic rings. The Labute approximate surface area is 191 Å². The van der Waals surface area contributed by atoms with Crippen molar-refractivity contribution in [2.45, 2.75) is 30.3 Å². The largest absolute Gasteiger partial charge is 0.325 e. The Morgan fingerprint density at radius 3 is 2.25 bits per heavy atom. The summed E-state index contributed by atoms with van der Waals surface area (Å²) in [6.07, 6.45) is 0. The van der Waals surface area contributed by atoms with Gasteiger partial charge in [-0.15, -0.1) is 10.2 Å². The Morgan fingerprint density at radius 2 is 1.56 bits per heavy atom. The van der Waals surface area contributed by atoms with Crippen LogP contribution in [0.1, 0.15) is 22.7 Å². The molecule has 1 aliphatic heterocycles. The number of nitrogens with one attached hydrogen (secondary N) is 2. The molecule has 0 fully saturated rings. The molecule has 0 radical (unpaired) electrons. The predicted molar refractivity (Wildman–Crippen MR) is 128 cm³/mol. The van der Waals surface area contributed by atoms with Crippen LogP contribution in [-0.2, 0) is 4.79 Å². The molecule has 0 unspecified atom stereocenters. The third kappa shape index (κ3) is 3.99. The number of rotatable bonds is 4. The second kappa shape index (κ2) is 8.51. The third-order valence-corrected chi connectivity index (χ3v) is 6.70. The van der Waals surface area contributed by atoms with Gasteiger partial charge in [-0.1, -0.05) is 89.6 Å². The van der Waals surface area contributed by atoms with Gasteiger partial charge in [0.05, 0.1) is 6.04 Å². The molecular weight excluding hydrogens is 418 g/mol. The van der Waals surface area contributed by atoms with Gasteiger partial charge in [0, 0.05) is 11.3 Å². The lowest BCUT2D eigenvalue weighted by molar-refractivity contribution is -0.116. The van der Waals surface area contributed by atoms with Crippen LogP contribution in [0.5, 0.6) is 0 Å². The van der Waals surface area contributed by atoms with Gasteiger partial charge in [-0.2, -0.15) is 0 Å². The molecule has 2 atom stereocenters. The van der Waals surface area contributed by atoms with Crippen LogP contribution in [0.15, 0.2) is 84.0 Å². The van der Waals surface area contributed by atoms with E-state index >= 15 is 0 Å². The number of hydrogen-bond acceptors (Lipinski definition) is 5. The fourth-order valence-corrected chi connectivity index (χ4v) is 4.78. The van der Waals surface area contributed by atoms with Gasteiger partial charge in [-0.05, 0) is 31.5 Å². The summed E-state index contributed by atoms with van der Waals surface area (Å²) in [5.41, 5.74) is 8.61. The fraction of sp³-hybridized carbons (Fsp3) is 0.160. The first-order chi connectivity index (χ1) is 15.6. The lowest BCUT2D eigenvalue weighted by atomic mass is 10.0. The number of carbonyl (C=O) groups is 1. The van der Waals surface area contributed by atoms with Gasteiger partial charge >= 0.3 is 0 Å². The molecule has 0 spiro atoms. The van der Waals surface area contributed by atoms with Crippen molar-refractivity contribution >= 4 is 23.4 Å². The monoisotopic (exact) mass is 441 g/mol. The predicted octanol–water partition coefficient (Wildman–Crippen LogP) is 4.96. The molecule has 2 N–H and O–H groups in total. The number of amides is 1. The normalized spacial score (nSPS) is 17.3. The third-order valence-electron chi connectivity index (χ3n) is 5.48. The van der Waals surface area contributed by atoms with Crippen LogP contribution in [0, 0.1) is 13.8 Å². The second-order valence-corrected chi connectivity index (χ2v) is 9.03. The quantitative estimate of drug-likeness (QED) is 0.468. The van der Waals surface area contributed by atoms with Gasteiger partial charge < -0.3 is 10.7 Å². The fourth-order valence-electron chi connectivity index (χ4n) is 3.70. The molecule has 3 aromatic carbocycles. The molecule has 1 aromatic heterocycles. The number of hydrogen-bond donors (Lipinski definition) is 2. The minimum absolute atomic E-state index is 0.0764. The van der Waals surface area contributed by atoms with Crippen molar-refractivity contribution in [2.75, 3.05) is 10.7 Å². The van der Waals surface area contributed by atoms with Crippen molar-refractivity contribution in [3.05, 3.63) is 95.6 Å². The number of carbonyl (C=O) groups excluding carboxylic acids is 1.